The van der Waals surface area contributed by atoms with Crippen molar-refractivity contribution in [2.24, 2.45) is 4.99 Å². The van der Waals surface area contributed by atoms with Gasteiger partial charge in [-0.15, -0.1) is 0 Å². The highest BCUT2D eigenvalue weighted by Crippen LogP contribution is 2.27. The van der Waals surface area contributed by atoms with Crippen molar-refractivity contribution in [1.82, 2.24) is 20.6 Å². The van der Waals surface area contributed by atoms with Crippen LogP contribution in [0.2, 0.25) is 0 Å². The summed E-state index contributed by atoms with van der Waals surface area (Å²) < 4.78 is 37.8. The van der Waals surface area contributed by atoms with Gasteiger partial charge in [-0.3, -0.25) is 4.99 Å². The number of anilines is 1. The number of hydrogen-bond donors (Lipinski definition) is 3. The average Bonchev–Trinajstić information content (AvgIpc) is 2.56. The molecule has 0 aromatic carbocycles. The summed E-state index contributed by atoms with van der Waals surface area (Å²) in [5, 5.41) is 9.02. The number of nitrogens with zero attached hydrogens (tertiary/aromatic N) is 3. The number of hydrogen-bond acceptors (Lipinski definition) is 5. The van der Waals surface area contributed by atoms with Gasteiger partial charge in [0.25, 0.3) is 0 Å². The van der Waals surface area contributed by atoms with Crippen LogP contribution in [0.1, 0.15) is 26.5 Å². The molecule has 0 radical (unpaired) electrons. The van der Waals surface area contributed by atoms with E-state index in [0.29, 0.717) is 25.6 Å². The third-order valence-electron chi connectivity index (χ3n) is 3.16. The van der Waals surface area contributed by atoms with E-state index in [4.69, 9.17) is 0 Å². The maximum absolute atomic E-state index is 12.6. The lowest BCUT2D eigenvalue weighted by Gasteiger charge is -2.20. The summed E-state index contributed by atoms with van der Waals surface area (Å²) in [5.41, 5.74) is -0.966. The molecule has 3 N–H and O–H groups in total. The molecule has 1 heterocycles. The molecule has 0 atom stereocenters. The van der Waals surface area contributed by atoms with Crippen LogP contribution >= 0.6 is 11.8 Å². The summed E-state index contributed by atoms with van der Waals surface area (Å²) in [6.45, 7) is 8.37. The Kier molecular flexibility index (Phi) is 8.27. The zero-order valence-corrected chi connectivity index (χ0v) is 15.7. The quantitative estimate of drug-likeness (QED) is 0.367. The van der Waals surface area contributed by atoms with Crippen LogP contribution in [0.3, 0.4) is 0 Å². The van der Waals surface area contributed by atoms with Crippen LogP contribution in [0.5, 0.6) is 0 Å². The Morgan fingerprint density at radius 2 is 1.96 bits per heavy atom. The molecule has 1 aromatic rings. The lowest BCUT2D eigenvalue weighted by molar-refractivity contribution is -0.141. The SMILES string of the molecule is CCNC(=NCC(C)(C)SC)NCCNc1nccc(C(F)(F)F)n1. The minimum Gasteiger partial charge on any atom is -0.357 e. The first-order valence-corrected chi connectivity index (χ1v) is 9.12. The summed E-state index contributed by atoms with van der Waals surface area (Å²) in [4.78, 5) is 11.8. The maximum atomic E-state index is 12.6. The van der Waals surface area contributed by atoms with Crippen LogP contribution < -0.4 is 16.0 Å². The average molecular weight is 378 g/mol. The molecule has 0 aliphatic carbocycles. The standard InChI is InChI=1S/C15H25F3N6S/c1-5-19-12(23-10-14(2,3)25-4)21-8-9-22-13-20-7-6-11(24-13)15(16,17)18/h6-7H,5,8-10H2,1-4H3,(H2,19,21,23)(H,20,22,24). The second-order valence-electron chi connectivity index (χ2n) is 5.78. The summed E-state index contributed by atoms with van der Waals surface area (Å²) in [6, 6.07) is 0.840. The van der Waals surface area contributed by atoms with Gasteiger partial charge in [-0.05, 0) is 33.1 Å². The number of aliphatic imine (C=N–C) groups is 1. The number of alkyl halides is 3. The van der Waals surface area contributed by atoms with E-state index in [1.54, 1.807) is 11.8 Å². The van der Waals surface area contributed by atoms with Crippen molar-refractivity contribution in [3.63, 3.8) is 0 Å². The zero-order valence-electron chi connectivity index (χ0n) is 14.9. The predicted molar refractivity (Wildman–Crippen MR) is 97.1 cm³/mol. The summed E-state index contributed by atoms with van der Waals surface area (Å²) >= 11 is 1.73. The molecule has 25 heavy (non-hydrogen) atoms. The predicted octanol–water partition coefficient (Wildman–Crippen LogP) is 2.60. The van der Waals surface area contributed by atoms with Crippen LogP contribution in [0.15, 0.2) is 17.3 Å². The fraction of sp³-hybridized carbons (Fsp3) is 0.667. The number of rotatable bonds is 8. The molecule has 0 aliphatic heterocycles. The Morgan fingerprint density at radius 3 is 2.56 bits per heavy atom. The molecule has 6 nitrogen and oxygen atoms in total. The third-order valence-corrected chi connectivity index (χ3v) is 4.40. The molecule has 0 amide bonds. The molecule has 0 bridgehead atoms. The van der Waals surface area contributed by atoms with Crippen molar-refractivity contribution < 1.29 is 13.2 Å². The van der Waals surface area contributed by atoms with Crippen molar-refractivity contribution in [2.75, 3.05) is 37.8 Å². The Morgan fingerprint density at radius 1 is 1.24 bits per heavy atom. The van der Waals surface area contributed by atoms with E-state index in [1.807, 2.05) is 13.2 Å². The second kappa shape index (κ2) is 9.69. The van der Waals surface area contributed by atoms with E-state index in [1.165, 1.54) is 0 Å². The van der Waals surface area contributed by atoms with Gasteiger partial charge in [0.1, 0.15) is 5.69 Å². The van der Waals surface area contributed by atoms with Gasteiger partial charge in [-0.2, -0.15) is 24.9 Å². The molecule has 1 rings (SSSR count). The minimum atomic E-state index is -4.48. The lowest BCUT2D eigenvalue weighted by atomic mass is 10.2. The van der Waals surface area contributed by atoms with Crippen LogP contribution in [0.4, 0.5) is 19.1 Å². The van der Waals surface area contributed by atoms with Crippen molar-refractivity contribution in [2.45, 2.75) is 31.7 Å². The van der Waals surface area contributed by atoms with Gasteiger partial charge in [0.15, 0.2) is 5.96 Å². The topological polar surface area (TPSA) is 74.2 Å². The summed E-state index contributed by atoms with van der Waals surface area (Å²) in [6.07, 6.45) is -1.36. The van der Waals surface area contributed by atoms with Gasteiger partial charge < -0.3 is 16.0 Å². The fourth-order valence-corrected chi connectivity index (χ4v) is 1.83. The molecule has 0 unspecified atom stereocenters. The van der Waals surface area contributed by atoms with E-state index in [0.717, 1.165) is 18.8 Å². The van der Waals surface area contributed by atoms with Crippen molar-refractivity contribution >= 4 is 23.7 Å². The highest BCUT2D eigenvalue weighted by atomic mass is 32.2. The summed E-state index contributed by atoms with van der Waals surface area (Å²) in [5.74, 6) is 0.610. The number of thioether (sulfide) groups is 1. The molecule has 142 valence electrons. The Labute approximate surface area is 150 Å². The molecular formula is C15H25F3N6S. The van der Waals surface area contributed by atoms with Gasteiger partial charge >= 0.3 is 6.18 Å². The highest BCUT2D eigenvalue weighted by Gasteiger charge is 2.32. The monoisotopic (exact) mass is 378 g/mol. The first kappa shape index (κ1) is 21.3. The summed E-state index contributed by atoms with van der Waals surface area (Å²) in [7, 11) is 0. The lowest BCUT2D eigenvalue weighted by Crippen LogP contribution is -2.40. The Hall–Kier alpha value is -1.71. The van der Waals surface area contributed by atoms with Crippen LogP contribution in [0.25, 0.3) is 0 Å². The van der Waals surface area contributed by atoms with Crippen molar-refractivity contribution in [3.05, 3.63) is 18.0 Å². The first-order chi connectivity index (χ1) is 11.7. The van der Waals surface area contributed by atoms with E-state index in [2.05, 4.69) is 44.8 Å². The molecule has 0 fully saturated rings. The highest BCUT2D eigenvalue weighted by molar-refractivity contribution is 7.99. The smallest absolute Gasteiger partial charge is 0.357 e. The van der Waals surface area contributed by atoms with Gasteiger partial charge in [0, 0.05) is 30.6 Å². The number of guanidine groups is 1. The van der Waals surface area contributed by atoms with Crippen molar-refractivity contribution in [3.8, 4) is 0 Å². The number of nitrogens with one attached hydrogen (secondary N) is 3. The Balaban J connectivity index is 2.50. The third kappa shape index (κ3) is 8.28. The molecule has 0 saturated carbocycles. The minimum absolute atomic E-state index is 0.0342. The molecule has 1 aromatic heterocycles. The maximum Gasteiger partial charge on any atom is 0.433 e. The normalized spacial score (nSPS) is 12.8. The molecule has 10 heteroatoms. The van der Waals surface area contributed by atoms with E-state index in [-0.39, 0.29) is 10.7 Å². The number of aromatic nitrogens is 2. The van der Waals surface area contributed by atoms with Gasteiger partial charge in [0.2, 0.25) is 5.95 Å². The largest absolute Gasteiger partial charge is 0.433 e. The van der Waals surface area contributed by atoms with Gasteiger partial charge in [-0.1, -0.05) is 0 Å². The van der Waals surface area contributed by atoms with Gasteiger partial charge in [-0.25, -0.2) is 9.97 Å². The Bertz CT molecular complexity index is 562. The van der Waals surface area contributed by atoms with E-state index < -0.39 is 11.9 Å². The molecule has 0 saturated heterocycles. The van der Waals surface area contributed by atoms with Gasteiger partial charge in [0.05, 0.1) is 6.54 Å². The number of halogens is 3. The molecule has 0 spiro atoms. The van der Waals surface area contributed by atoms with Crippen molar-refractivity contribution in [1.29, 1.82) is 0 Å². The van der Waals surface area contributed by atoms with E-state index in [9.17, 15) is 13.2 Å². The molecular weight excluding hydrogens is 353 g/mol. The zero-order chi connectivity index (χ0) is 18.9. The first-order valence-electron chi connectivity index (χ1n) is 7.89. The van der Waals surface area contributed by atoms with Crippen LogP contribution in [0, 0.1) is 0 Å². The second-order valence-corrected chi connectivity index (χ2v) is 7.29. The van der Waals surface area contributed by atoms with Crippen LogP contribution in [-0.2, 0) is 6.18 Å². The fourth-order valence-electron chi connectivity index (χ4n) is 1.63. The van der Waals surface area contributed by atoms with Crippen LogP contribution in [-0.4, -0.2) is 53.1 Å². The van der Waals surface area contributed by atoms with E-state index >= 15 is 0 Å². The molecule has 0 aliphatic rings.